The molecule has 0 atom stereocenters. The molecule has 0 radical (unpaired) electrons. The fourth-order valence-corrected chi connectivity index (χ4v) is 2.50. The highest BCUT2D eigenvalue weighted by Crippen LogP contribution is 2.18. The molecule has 0 N–H and O–H groups in total. The Bertz CT molecular complexity index is 829. The molecule has 3 aromatic rings. The van der Waals surface area contributed by atoms with Crippen molar-refractivity contribution in [3.05, 3.63) is 36.5 Å². The average molecular weight is 345 g/mol. The van der Waals surface area contributed by atoms with E-state index in [1.54, 1.807) is 15.6 Å². The van der Waals surface area contributed by atoms with Crippen LogP contribution in [0.25, 0.3) is 5.69 Å². The molecule has 0 unspecified atom stereocenters. The molecule has 0 fully saturated rings. The van der Waals surface area contributed by atoms with Gasteiger partial charge >= 0.3 is 5.88 Å². The number of aliphatic imine (C=N–C) groups is 1. The molecule has 24 heavy (non-hydrogen) atoms. The molecule has 0 aliphatic carbocycles. The Hall–Kier alpha value is -2.75. The predicted octanol–water partition coefficient (Wildman–Crippen LogP) is 0.701. The van der Waals surface area contributed by atoms with Crippen LogP contribution in [0.1, 0.15) is 19.9 Å². The summed E-state index contributed by atoms with van der Waals surface area (Å²) >= 11 is 1.20. The Kier molecular flexibility index (Phi) is 4.85. The van der Waals surface area contributed by atoms with Gasteiger partial charge in [-0.05, 0) is 47.0 Å². The number of thioether (sulfide) groups is 1. The van der Waals surface area contributed by atoms with Crippen molar-refractivity contribution in [2.75, 3.05) is 5.75 Å². The van der Waals surface area contributed by atoms with Crippen LogP contribution in [0.2, 0.25) is 0 Å². The van der Waals surface area contributed by atoms with Crippen LogP contribution in [0.15, 0.2) is 51.2 Å². The lowest BCUT2D eigenvalue weighted by Gasteiger charge is -2.08. The summed E-state index contributed by atoms with van der Waals surface area (Å²) < 4.78 is 8.16. The highest BCUT2D eigenvalue weighted by Gasteiger charge is 2.14. The van der Waals surface area contributed by atoms with Crippen LogP contribution in [0.4, 0.5) is 5.88 Å². The number of nitrogens with zero attached hydrogens (tertiary/aromatic N) is 7. The lowest BCUT2D eigenvalue weighted by molar-refractivity contribution is -0.779. The van der Waals surface area contributed by atoms with Crippen molar-refractivity contribution in [1.82, 2.24) is 25.5 Å². The molecule has 1 aromatic carbocycles. The molecule has 0 aliphatic heterocycles. The first-order valence-electron chi connectivity index (χ1n) is 7.23. The monoisotopic (exact) mass is 345 g/mol. The van der Waals surface area contributed by atoms with Crippen LogP contribution in [0.5, 0.6) is 0 Å². The van der Waals surface area contributed by atoms with E-state index in [1.807, 2.05) is 44.2 Å². The van der Waals surface area contributed by atoms with E-state index in [1.165, 1.54) is 11.8 Å². The number of benzene rings is 1. The van der Waals surface area contributed by atoms with Gasteiger partial charge in [0.25, 0.3) is 6.20 Å². The van der Waals surface area contributed by atoms with E-state index < -0.39 is 0 Å². The summed E-state index contributed by atoms with van der Waals surface area (Å²) in [5.74, 6) is -0.0816. The van der Waals surface area contributed by atoms with Gasteiger partial charge in [-0.15, -0.1) is 5.10 Å². The fourth-order valence-electron chi connectivity index (χ4n) is 1.82. The molecule has 0 bridgehead atoms. The maximum absolute atomic E-state index is 12.0. The lowest BCUT2D eigenvalue weighted by Crippen LogP contribution is -2.36. The van der Waals surface area contributed by atoms with E-state index >= 15 is 0 Å². The summed E-state index contributed by atoms with van der Waals surface area (Å²) in [4.78, 5) is 3.88. The highest BCUT2D eigenvalue weighted by molar-refractivity contribution is 7.99. The molecule has 2 heterocycles. The topological polar surface area (TPSA) is 109 Å². The molecule has 9 nitrogen and oxygen atoms in total. The maximum Gasteiger partial charge on any atom is 0.320 e. The molecule has 0 aliphatic rings. The largest absolute Gasteiger partial charge is 0.861 e. The minimum atomic E-state index is -0.352. The minimum absolute atomic E-state index is 0.0928. The molecule has 124 valence electrons. The van der Waals surface area contributed by atoms with Gasteiger partial charge in [-0.3, -0.25) is 4.52 Å². The van der Waals surface area contributed by atoms with Gasteiger partial charge in [-0.1, -0.05) is 30.0 Å². The fraction of sp³-hybridized carbons (Fsp3) is 0.286. The van der Waals surface area contributed by atoms with Crippen LogP contribution in [-0.4, -0.2) is 37.1 Å². The van der Waals surface area contributed by atoms with Gasteiger partial charge in [0.2, 0.25) is 10.4 Å². The summed E-state index contributed by atoms with van der Waals surface area (Å²) in [5.41, 5.74) is 0.822. The van der Waals surface area contributed by atoms with Crippen molar-refractivity contribution in [2.24, 2.45) is 4.99 Å². The molecule has 0 amide bonds. The van der Waals surface area contributed by atoms with Crippen LogP contribution < -0.4 is 9.79 Å². The third kappa shape index (κ3) is 3.77. The van der Waals surface area contributed by atoms with E-state index in [0.29, 0.717) is 5.16 Å². The number of tetrazole rings is 1. The van der Waals surface area contributed by atoms with E-state index in [-0.39, 0.29) is 23.6 Å². The third-order valence-corrected chi connectivity index (χ3v) is 3.91. The van der Waals surface area contributed by atoms with Crippen molar-refractivity contribution in [3.63, 3.8) is 0 Å². The molecular weight excluding hydrogens is 330 g/mol. The second-order valence-corrected chi connectivity index (χ2v) is 6.06. The molecule has 2 aromatic heterocycles. The zero-order valence-electron chi connectivity index (χ0n) is 13.1. The van der Waals surface area contributed by atoms with Gasteiger partial charge in [0.05, 0.1) is 5.69 Å². The summed E-state index contributed by atoms with van der Waals surface area (Å²) in [5, 5.41) is 27.8. The van der Waals surface area contributed by atoms with E-state index in [9.17, 15) is 5.11 Å². The number of aromatic nitrogens is 6. The first-order valence-corrected chi connectivity index (χ1v) is 8.21. The SMILES string of the molecule is CC(C)[n+]1cc(/N=C(\[O-])CSc2nnnn2-c2ccccc2)on1. The van der Waals surface area contributed by atoms with E-state index in [2.05, 4.69) is 25.8 Å². The summed E-state index contributed by atoms with van der Waals surface area (Å²) in [6.07, 6.45) is 1.58. The zero-order chi connectivity index (χ0) is 16.9. The van der Waals surface area contributed by atoms with Gasteiger partial charge in [0.15, 0.2) is 6.04 Å². The van der Waals surface area contributed by atoms with Crippen LogP contribution in [-0.2, 0) is 0 Å². The Morgan fingerprint density at radius 2 is 2.17 bits per heavy atom. The number of hydrogen-bond donors (Lipinski definition) is 0. The third-order valence-electron chi connectivity index (χ3n) is 3.00. The summed E-state index contributed by atoms with van der Waals surface area (Å²) in [6.45, 7) is 3.90. The van der Waals surface area contributed by atoms with Crippen LogP contribution in [0, 0.1) is 0 Å². The van der Waals surface area contributed by atoms with E-state index in [0.717, 1.165) is 5.69 Å². The standard InChI is InChI=1S/C14H15N7O2S/c1-10(2)20-8-13(23-19-20)15-12(22)9-24-14-16-17-18-21(14)11-6-4-3-5-7-11/h3-8,10H,9H2,1-2H3. The summed E-state index contributed by atoms with van der Waals surface area (Å²) in [6, 6.07) is 9.58. The maximum atomic E-state index is 12.0. The number of para-hydroxylation sites is 1. The van der Waals surface area contributed by atoms with Crippen molar-refractivity contribution in [1.29, 1.82) is 0 Å². The van der Waals surface area contributed by atoms with Gasteiger partial charge in [0.1, 0.15) is 0 Å². The average Bonchev–Trinajstić information content (AvgIpc) is 3.23. The Labute approximate surface area is 142 Å². The number of rotatable bonds is 6. The van der Waals surface area contributed by atoms with E-state index in [4.69, 9.17) is 4.52 Å². The van der Waals surface area contributed by atoms with Crippen LogP contribution in [0.3, 0.4) is 0 Å². The predicted molar refractivity (Wildman–Crippen MR) is 84.1 cm³/mol. The first-order chi connectivity index (χ1) is 11.6. The number of hydrogen-bond acceptors (Lipinski definition) is 8. The molecular formula is C14H15N7O2S. The van der Waals surface area contributed by atoms with Gasteiger partial charge in [-0.25, -0.2) is 4.99 Å². The van der Waals surface area contributed by atoms with Crippen LogP contribution >= 0.6 is 11.8 Å². The molecule has 0 spiro atoms. The van der Waals surface area contributed by atoms with Crippen molar-refractivity contribution < 1.29 is 14.3 Å². The Morgan fingerprint density at radius 1 is 1.38 bits per heavy atom. The second kappa shape index (κ2) is 7.21. The smallest absolute Gasteiger partial charge is 0.320 e. The summed E-state index contributed by atoms with van der Waals surface area (Å²) in [7, 11) is 0. The van der Waals surface area contributed by atoms with Crippen molar-refractivity contribution >= 4 is 23.5 Å². The molecule has 0 saturated heterocycles. The molecule has 0 saturated carbocycles. The lowest BCUT2D eigenvalue weighted by atomic mass is 10.3. The zero-order valence-corrected chi connectivity index (χ0v) is 13.9. The Balaban J connectivity index is 1.67. The first kappa shape index (κ1) is 16.1. The van der Waals surface area contributed by atoms with Gasteiger partial charge in [-0.2, -0.15) is 4.68 Å². The normalized spacial score (nSPS) is 12.0. The Morgan fingerprint density at radius 3 is 2.88 bits per heavy atom. The highest BCUT2D eigenvalue weighted by atomic mass is 32.2. The van der Waals surface area contributed by atoms with Gasteiger partial charge in [0, 0.05) is 5.75 Å². The second-order valence-electron chi connectivity index (χ2n) is 5.12. The van der Waals surface area contributed by atoms with Crippen molar-refractivity contribution in [3.8, 4) is 5.69 Å². The van der Waals surface area contributed by atoms with Gasteiger partial charge < -0.3 is 5.11 Å². The quantitative estimate of drug-likeness (QED) is 0.280. The molecule has 3 rings (SSSR count). The minimum Gasteiger partial charge on any atom is -0.861 e. The van der Waals surface area contributed by atoms with Crippen molar-refractivity contribution in [2.45, 2.75) is 25.0 Å². The molecule has 10 heteroatoms.